The van der Waals surface area contributed by atoms with E-state index in [9.17, 15) is 13.2 Å². The summed E-state index contributed by atoms with van der Waals surface area (Å²) in [6.45, 7) is 0. The summed E-state index contributed by atoms with van der Waals surface area (Å²) in [6, 6.07) is 11.0. The molecule has 1 aliphatic heterocycles. The van der Waals surface area contributed by atoms with Crippen LogP contribution in [0.15, 0.2) is 42.5 Å². The number of fused-ring (bicyclic) bond motifs is 1. The highest BCUT2D eigenvalue weighted by molar-refractivity contribution is 5.56. The number of hydrogen-bond donors (Lipinski definition) is 0. The Hall–Kier alpha value is -2.90. The smallest absolute Gasteiger partial charge is 0.416 e. The Morgan fingerprint density at radius 3 is 2.72 bits per heavy atom. The molecule has 0 spiro atoms. The summed E-state index contributed by atoms with van der Waals surface area (Å²) in [7, 11) is 1.68. The van der Waals surface area contributed by atoms with Crippen LogP contribution in [0.25, 0.3) is 11.4 Å². The molecule has 3 aromatic rings. The van der Waals surface area contributed by atoms with Crippen molar-refractivity contribution in [2.75, 3.05) is 0 Å². The highest BCUT2D eigenvalue weighted by atomic mass is 19.4. The summed E-state index contributed by atoms with van der Waals surface area (Å²) in [4.78, 5) is 1.36. The van der Waals surface area contributed by atoms with Crippen LogP contribution in [0.5, 0.6) is 5.75 Å². The van der Waals surface area contributed by atoms with Crippen LogP contribution >= 0.6 is 0 Å². The van der Waals surface area contributed by atoms with E-state index in [0.29, 0.717) is 23.6 Å². The maximum Gasteiger partial charge on any atom is 0.416 e. The van der Waals surface area contributed by atoms with Gasteiger partial charge >= 0.3 is 6.18 Å². The first-order valence-corrected chi connectivity index (χ1v) is 7.61. The molecule has 1 aromatic heterocycles. The third kappa shape index (κ3) is 2.95. The SMILES string of the molecule is Cn1nnc(-c2cccc([C@@H]3Cc4cc(C(F)(F)F)ccc4O3)c2)n1. The molecule has 0 fully saturated rings. The molecule has 0 unspecified atom stereocenters. The first-order chi connectivity index (χ1) is 11.9. The van der Waals surface area contributed by atoms with Crippen LogP contribution in [0, 0.1) is 0 Å². The van der Waals surface area contributed by atoms with Crippen molar-refractivity contribution >= 4 is 0 Å². The summed E-state index contributed by atoms with van der Waals surface area (Å²) >= 11 is 0. The fraction of sp³-hybridized carbons (Fsp3) is 0.235. The lowest BCUT2D eigenvalue weighted by molar-refractivity contribution is -0.137. The number of benzene rings is 2. The van der Waals surface area contributed by atoms with Crippen molar-refractivity contribution in [2.24, 2.45) is 7.05 Å². The van der Waals surface area contributed by atoms with E-state index in [2.05, 4.69) is 15.4 Å². The van der Waals surface area contributed by atoms with Gasteiger partial charge in [-0.1, -0.05) is 18.2 Å². The van der Waals surface area contributed by atoms with Gasteiger partial charge in [0, 0.05) is 12.0 Å². The molecule has 25 heavy (non-hydrogen) atoms. The van der Waals surface area contributed by atoms with Crippen molar-refractivity contribution in [1.29, 1.82) is 0 Å². The summed E-state index contributed by atoms with van der Waals surface area (Å²) in [6.07, 6.45) is -4.31. The lowest BCUT2D eigenvalue weighted by Gasteiger charge is -2.11. The van der Waals surface area contributed by atoms with Crippen molar-refractivity contribution in [3.05, 3.63) is 59.2 Å². The molecule has 1 aliphatic rings. The molecule has 128 valence electrons. The van der Waals surface area contributed by atoms with Crippen LogP contribution in [-0.2, 0) is 19.6 Å². The number of hydrogen-bond acceptors (Lipinski definition) is 4. The van der Waals surface area contributed by atoms with Gasteiger partial charge in [0.05, 0.1) is 12.6 Å². The molecule has 0 aliphatic carbocycles. The highest BCUT2D eigenvalue weighted by Crippen LogP contribution is 2.40. The Kier molecular flexibility index (Phi) is 3.48. The van der Waals surface area contributed by atoms with E-state index in [-0.39, 0.29) is 6.10 Å². The zero-order valence-corrected chi connectivity index (χ0v) is 13.2. The fourth-order valence-corrected chi connectivity index (χ4v) is 2.89. The zero-order valence-electron chi connectivity index (χ0n) is 13.2. The van der Waals surface area contributed by atoms with E-state index >= 15 is 0 Å². The molecule has 0 saturated heterocycles. The van der Waals surface area contributed by atoms with Gasteiger partial charge in [-0.15, -0.1) is 10.2 Å². The van der Waals surface area contributed by atoms with Gasteiger partial charge in [0.25, 0.3) is 0 Å². The minimum absolute atomic E-state index is 0.338. The Bertz CT molecular complexity index is 936. The van der Waals surface area contributed by atoms with Gasteiger partial charge < -0.3 is 4.74 Å². The number of nitrogens with zero attached hydrogens (tertiary/aromatic N) is 4. The normalized spacial score (nSPS) is 16.6. The molecular formula is C17H13F3N4O. The largest absolute Gasteiger partial charge is 0.485 e. The number of halogens is 3. The van der Waals surface area contributed by atoms with E-state index < -0.39 is 11.7 Å². The number of tetrazole rings is 1. The molecule has 0 radical (unpaired) electrons. The summed E-state index contributed by atoms with van der Waals surface area (Å²) in [5, 5.41) is 11.9. The van der Waals surface area contributed by atoms with E-state index in [1.165, 1.54) is 10.9 Å². The first kappa shape index (κ1) is 15.6. The third-order valence-electron chi connectivity index (χ3n) is 4.09. The van der Waals surface area contributed by atoms with E-state index in [1.807, 2.05) is 24.3 Å². The van der Waals surface area contributed by atoms with Gasteiger partial charge in [0.1, 0.15) is 11.9 Å². The Balaban J connectivity index is 1.62. The number of aromatic nitrogens is 4. The molecule has 0 amide bonds. The quantitative estimate of drug-likeness (QED) is 0.712. The van der Waals surface area contributed by atoms with Crippen LogP contribution in [0.1, 0.15) is 22.8 Å². The third-order valence-corrected chi connectivity index (χ3v) is 4.09. The molecule has 8 heteroatoms. The maximum atomic E-state index is 12.9. The molecule has 4 rings (SSSR count). The van der Waals surface area contributed by atoms with Gasteiger partial charge in [-0.25, -0.2) is 0 Å². The predicted molar refractivity (Wildman–Crippen MR) is 82.8 cm³/mol. The van der Waals surface area contributed by atoms with Crippen molar-refractivity contribution in [1.82, 2.24) is 20.2 Å². The van der Waals surface area contributed by atoms with E-state index in [1.54, 1.807) is 7.05 Å². The lowest BCUT2D eigenvalue weighted by Crippen LogP contribution is -2.04. The van der Waals surface area contributed by atoms with Crippen LogP contribution in [0.2, 0.25) is 0 Å². The van der Waals surface area contributed by atoms with Crippen molar-refractivity contribution in [3.63, 3.8) is 0 Å². The number of alkyl halides is 3. The summed E-state index contributed by atoms with van der Waals surface area (Å²) < 4.78 is 44.4. The second-order valence-corrected chi connectivity index (χ2v) is 5.86. The van der Waals surface area contributed by atoms with Crippen LogP contribution < -0.4 is 4.74 Å². The average Bonchev–Trinajstić information content (AvgIpc) is 3.19. The fourth-order valence-electron chi connectivity index (χ4n) is 2.89. The van der Waals surface area contributed by atoms with E-state index in [4.69, 9.17) is 4.74 Å². The molecule has 0 bridgehead atoms. The van der Waals surface area contributed by atoms with Crippen molar-refractivity contribution in [3.8, 4) is 17.1 Å². The highest BCUT2D eigenvalue weighted by Gasteiger charge is 2.33. The van der Waals surface area contributed by atoms with Gasteiger partial charge in [-0.2, -0.15) is 18.0 Å². The summed E-state index contributed by atoms with van der Waals surface area (Å²) in [5.41, 5.74) is 1.53. The van der Waals surface area contributed by atoms with Gasteiger partial charge in [-0.3, -0.25) is 0 Å². The Morgan fingerprint density at radius 1 is 1.16 bits per heavy atom. The number of ether oxygens (including phenoxy) is 1. The number of rotatable bonds is 2. The van der Waals surface area contributed by atoms with Crippen molar-refractivity contribution in [2.45, 2.75) is 18.7 Å². The van der Waals surface area contributed by atoms with Gasteiger partial charge in [-0.05, 0) is 40.6 Å². The molecule has 2 aromatic carbocycles. The van der Waals surface area contributed by atoms with Gasteiger partial charge in [0.15, 0.2) is 0 Å². The minimum atomic E-state index is -4.36. The molecule has 1 atom stereocenters. The first-order valence-electron chi connectivity index (χ1n) is 7.61. The van der Waals surface area contributed by atoms with Crippen LogP contribution in [0.3, 0.4) is 0 Å². The summed E-state index contributed by atoms with van der Waals surface area (Å²) in [5.74, 6) is 0.972. The monoisotopic (exact) mass is 346 g/mol. The predicted octanol–water partition coefficient (Wildman–Crippen LogP) is 3.57. The lowest BCUT2D eigenvalue weighted by atomic mass is 10.0. The van der Waals surface area contributed by atoms with Crippen LogP contribution in [0.4, 0.5) is 13.2 Å². The molecule has 5 nitrogen and oxygen atoms in total. The van der Waals surface area contributed by atoms with Gasteiger partial charge in [0.2, 0.25) is 5.82 Å². The second kappa shape index (κ2) is 5.58. The Morgan fingerprint density at radius 2 is 2.00 bits per heavy atom. The average molecular weight is 346 g/mol. The minimum Gasteiger partial charge on any atom is -0.485 e. The second-order valence-electron chi connectivity index (χ2n) is 5.86. The molecule has 0 saturated carbocycles. The topological polar surface area (TPSA) is 52.8 Å². The maximum absolute atomic E-state index is 12.9. The standard InChI is InChI=1S/C17H13F3N4O/c1-24-22-16(21-23-24)11-4-2-3-10(7-11)15-9-12-8-13(17(18,19)20)5-6-14(12)25-15/h2-8,15H,9H2,1H3/t15-/m0/s1. The Labute approximate surface area is 141 Å². The van der Waals surface area contributed by atoms with Crippen LogP contribution in [-0.4, -0.2) is 20.2 Å². The molecule has 2 heterocycles. The molecular weight excluding hydrogens is 333 g/mol. The van der Waals surface area contributed by atoms with Crippen molar-refractivity contribution < 1.29 is 17.9 Å². The van der Waals surface area contributed by atoms with E-state index in [0.717, 1.165) is 23.3 Å². The zero-order chi connectivity index (χ0) is 17.6. The number of aryl methyl sites for hydroxylation is 1. The molecule has 0 N–H and O–H groups in total.